The Bertz CT molecular complexity index is 226. The molecule has 3 heteroatoms. The summed E-state index contributed by atoms with van der Waals surface area (Å²) < 4.78 is 5.58. The average molecular weight is 240 g/mol. The van der Waals surface area contributed by atoms with E-state index in [0.29, 0.717) is 12.1 Å². The molecule has 2 unspecified atom stereocenters. The van der Waals surface area contributed by atoms with Crippen LogP contribution in [0.15, 0.2) is 0 Å². The largest absolute Gasteiger partial charge is 0.380 e. The second-order valence-corrected chi connectivity index (χ2v) is 6.08. The van der Waals surface area contributed by atoms with Gasteiger partial charge >= 0.3 is 0 Å². The average Bonchev–Trinajstić information content (AvgIpc) is 2.34. The van der Waals surface area contributed by atoms with Crippen molar-refractivity contribution in [2.24, 2.45) is 17.6 Å². The molecule has 0 radical (unpaired) electrons. The van der Waals surface area contributed by atoms with Crippen LogP contribution in [0.3, 0.4) is 0 Å². The van der Waals surface area contributed by atoms with E-state index < -0.39 is 0 Å². The first kappa shape index (κ1) is 13.3. The van der Waals surface area contributed by atoms with Crippen LogP contribution in [0, 0.1) is 11.8 Å². The lowest BCUT2D eigenvalue weighted by Gasteiger charge is -2.39. The predicted octanol–water partition coefficient (Wildman–Crippen LogP) is 1.86. The summed E-state index contributed by atoms with van der Waals surface area (Å²) in [6.07, 6.45) is 6.82. The van der Waals surface area contributed by atoms with Gasteiger partial charge in [-0.15, -0.1) is 0 Å². The van der Waals surface area contributed by atoms with E-state index in [1.165, 1.54) is 45.2 Å². The molecule has 0 amide bonds. The Kier molecular flexibility index (Phi) is 4.83. The number of rotatable bonds is 3. The van der Waals surface area contributed by atoms with Crippen molar-refractivity contribution in [1.82, 2.24) is 4.90 Å². The summed E-state index contributed by atoms with van der Waals surface area (Å²) in [5.74, 6) is 1.59. The second-order valence-electron chi connectivity index (χ2n) is 6.08. The third kappa shape index (κ3) is 3.67. The zero-order chi connectivity index (χ0) is 12.3. The topological polar surface area (TPSA) is 38.5 Å². The van der Waals surface area contributed by atoms with Crippen molar-refractivity contribution in [1.29, 1.82) is 0 Å². The predicted molar refractivity (Wildman–Crippen MR) is 71.0 cm³/mol. The molecular weight excluding hydrogens is 212 g/mol. The van der Waals surface area contributed by atoms with Crippen LogP contribution in [-0.2, 0) is 4.74 Å². The van der Waals surface area contributed by atoms with E-state index in [1.54, 1.807) is 0 Å². The number of hydrogen-bond donors (Lipinski definition) is 1. The molecule has 0 bridgehead atoms. The van der Waals surface area contributed by atoms with Gasteiger partial charge < -0.3 is 15.4 Å². The van der Waals surface area contributed by atoms with Crippen LogP contribution in [0.5, 0.6) is 0 Å². The molecule has 1 aliphatic carbocycles. The maximum atomic E-state index is 5.96. The first-order chi connectivity index (χ1) is 8.19. The summed E-state index contributed by atoms with van der Waals surface area (Å²) in [5, 5.41) is 0. The summed E-state index contributed by atoms with van der Waals surface area (Å²) in [6.45, 7) is 5.95. The smallest absolute Gasteiger partial charge is 0.0724 e. The summed E-state index contributed by atoms with van der Waals surface area (Å²) >= 11 is 0. The second kappa shape index (κ2) is 6.17. The fourth-order valence-electron chi connectivity index (χ4n) is 3.31. The van der Waals surface area contributed by atoms with E-state index in [9.17, 15) is 0 Å². The van der Waals surface area contributed by atoms with E-state index in [0.717, 1.165) is 18.4 Å². The molecule has 1 saturated carbocycles. The lowest BCUT2D eigenvalue weighted by atomic mass is 9.85. The minimum Gasteiger partial charge on any atom is -0.380 e. The van der Waals surface area contributed by atoms with Gasteiger partial charge in [-0.2, -0.15) is 0 Å². The van der Waals surface area contributed by atoms with Crippen molar-refractivity contribution in [3.8, 4) is 0 Å². The number of nitrogens with two attached hydrogens (primary N) is 1. The number of likely N-dealkylation sites (tertiary alicyclic amines) is 1. The maximum absolute atomic E-state index is 5.96. The van der Waals surface area contributed by atoms with Crippen molar-refractivity contribution in [2.45, 2.75) is 51.2 Å². The molecular formula is C14H28N2O. The van der Waals surface area contributed by atoms with Crippen LogP contribution in [-0.4, -0.2) is 43.8 Å². The Morgan fingerprint density at radius 3 is 2.53 bits per heavy atom. The SMILES string of the molecule is COC1CN(CC2CCC(N)CC2)CCC1C. The van der Waals surface area contributed by atoms with Crippen molar-refractivity contribution < 1.29 is 4.74 Å². The first-order valence-electron chi connectivity index (χ1n) is 7.19. The van der Waals surface area contributed by atoms with Gasteiger partial charge in [-0.3, -0.25) is 0 Å². The molecule has 1 saturated heterocycles. The highest BCUT2D eigenvalue weighted by Crippen LogP contribution is 2.26. The summed E-state index contributed by atoms with van der Waals surface area (Å²) in [6, 6.07) is 0.472. The quantitative estimate of drug-likeness (QED) is 0.818. The van der Waals surface area contributed by atoms with Crippen LogP contribution >= 0.6 is 0 Å². The Hall–Kier alpha value is -0.120. The summed E-state index contributed by atoms with van der Waals surface area (Å²) in [4.78, 5) is 2.61. The van der Waals surface area contributed by atoms with Crippen LogP contribution in [0.4, 0.5) is 0 Å². The highest BCUT2D eigenvalue weighted by molar-refractivity contribution is 4.82. The molecule has 1 aliphatic heterocycles. The van der Waals surface area contributed by atoms with Gasteiger partial charge in [0.25, 0.3) is 0 Å². The highest BCUT2D eigenvalue weighted by atomic mass is 16.5. The van der Waals surface area contributed by atoms with Crippen molar-refractivity contribution in [3.05, 3.63) is 0 Å². The van der Waals surface area contributed by atoms with Gasteiger partial charge in [-0.25, -0.2) is 0 Å². The summed E-state index contributed by atoms with van der Waals surface area (Å²) in [5.41, 5.74) is 5.96. The van der Waals surface area contributed by atoms with E-state index >= 15 is 0 Å². The fourth-order valence-corrected chi connectivity index (χ4v) is 3.31. The maximum Gasteiger partial charge on any atom is 0.0724 e. The Morgan fingerprint density at radius 1 is 1.18 bits per heavy atom. The van der Waals surface area contributed by atoms with Crippen molar-refractivity contribution >= 4 is 0 Å². The molecule has 1 heterocycles. The number of methoxy groups -OCH3 is 1. The molecule has 0 aromatic carbocycles. The molecule has 2 atom stereocenters. The molecule has 0 aromatic rings. The monoisotopic (exact) mass is 240 g/mol. The van der Waals surface area contributed by atoms with Gasteiger partial charge in [0.1, 0.15) is 0 Å². The van der Waals surface area contributed by atoms with Crippen LogP contribution in [0.1, 0.15) is 39.0 Å². The zero-order valence-corrected chi connectivity index (χ0v) is 11.4. The summed E-state index contributed by atoms with van der Waals surface area (Å²) in [7, 11) is 1.85. The molecule has 0 spiro atoms. The van der Waals surface area contributed by atoms with Gasteiger partial charge in [0.15, 0.2) is 0 Å². The molecule has 17 heavy (non-hydrogen) atoms. The van der Waals surface area contributed by atoms with Gasteiger partial charge in [0.05, 0.1) is 6.10 Å². The lowest BCUT2D eigenvalue weighted by molar-refractivity contribution is -0.0110. The van der Waals surface area contributed by atoms with E-state index in [1.807, 2.05) is 7.11 Å². The normalized spacial score (nSPS) is 40.4. The van der Waals surface area contributed by atoms with Crippen LogP contribution < -0.4 is 5.73 Å². The number of nitrogens with zero attached hydrogens (tertiary/aromatic N) is 1. The van der Waals surface area contributed by atoms with Gasteiger partial charge in [0.2, 0.25) is 0 Å². The van der Waals surface area contributed by atoms with Gasteiger partial charge in [-0.05, 0) is 50.5 Å². The molecule has 2 aliphatic rings. The third-order valence-corrected chi connectivity index (χ3v) is 4.68. The van der Waals surface area contributed by atoms with Crippen molar-refractivity contribution in [3.63, 3.8) is 0 Å². The van der Waals surface area contributed by atoms with E-state index in [2.05, 4.69) is 11.8 Å². The Morgan fingerprint density at radius 2 is 1.88 bits per heavy atom. The molecule has 2 N–H and O–H groups in total. The highest BCUT2D eigenvalue weighted by Gasteiger charge is 2.28. The van der Waals surface area contributed by atoms with Gasteiger partial charge in [0, 0.05) is 26.2 Å². The first-order valence-corrected chi connectivity index (χ1v) is 7.19. The third-order valence-electron chi connectivity index (χ3n) is 4.68. The molecule has 0 aromatic heterocycles. The minimum absolute atomic E-state index is 0.439. The van der Waals surface area contributed by atoms with E-state index in [-0.39, 0.29) is 0 Å². The van der Waals surface area contributed by atoms with E-state index in [4.69, 9.17) is 10.5 Å². The number of hydrogen-bond acceptors (Lipinski definition) is 3. The Labute approximate surface area is 106 Å². The molecule has 100 valence electrons. The van der Waals surface area contributed by atoms with Crippen molar-refractivity contribution in [2.75, 3.05) is 26.7 Å². The zero-order valence-electron chi connectivity index (χ0n) is 11.4. The number of piperidine rings is 1. The van der Waals surface area contributed by atoms with Gasteiger partial charge in [-0.1, -0.05) is 6.92 Å². The Balaban J connectivity index is 1.75. The standard InChI is InChI=1S/C14H28N2O/c1-11-7-8-16(10-14(11)17-2)9-12-3-5-13(15)6-4-12/h11-14H,3-10,15H2,1-2H3. The number of ether oxygens (including phenoxy) is 1. The fraction of sp³-hybridized carbons (Fsp3) is 1.00. The minimum atomic E-state index is 0.439. The molecule has 2 rings (SSSR count). The lowest BCUT2D eigenvalue weighted by Crippen LogP contribution is -2.46. The van der Waals surface area contributed by atoms with Crippen LogP contribution in [0.2, 0.25) is 0 Å². The molecule has 3 nitrogen and oxygen atoms in total. The molecule has 2 fully saturated rings. The van der Waals surface area contributed by atoms with Crippen LogP contribution in [0.25, 0.3) is 0 Å².